The standard InChI is InChI=1S/C41H56N8O15P2/c1-6-62-65(55)63-28-47(27-40(52)53)26-33-13-16-49(45-33)38-22-30(21-37(43-38)48-15-12-32(44-48)25-46(3)29-66(56,57)64-7-2)10-11-31-23-36(61-20-18-59-5)34(24-35(31)60-19-17-58-4)41(54)42-14-8-9-39(50)51/h12-13,15-16,21-24,65H,6-9,14,17-20,25-29H2,1-5H3,(H,42,54)(H,50,51)(H,52,53)(H,56,57). The maximum atomic E-state index is 13.4. The first-order valence-corrected chi connectivity index (χ1v) is 23.6. The average molecular weight is 963 g/mol. The summed E-state index contributed by atoms with van der Waals surface area (Å²) < 4.78 is 65.0. The normalized spacial score (nSPS) is 12.7. The lowest BCUT2D eigenvalue weighted by Gasteiger charge is -2.18. The lowest BCUT2D eigenvalue weighted by atomic mass is 10.1. The van der Waals surface area contributed by atoms with Crippen LogP contribution in [0.25, 0.3) is 11.6 Å². The van der Waals surface area contributed by atoms with Crippen molar-refractivity contribution in [2.75, 3.05) is 87.0 Å². The molecular weight excluding hydrogens is 906 g/mol. The summed E-state index contributed by atoms with van der Waals surface area (Å²) in [7, 11) is -2.01. The van der Waals surface area contributed by atoms with Gasteiger partial charge in [-0.05, 0) is 57.6 Å². The van der Waals surface area contributed by atoms with Gasteiger partial charge in [-0.15, -0.1) is 0 Å². The van der Waals surface area contributed by atoms with Crippen LogP contribution in [0.1, 0.15) is 59.6 Å². The van der Waals surface area contributed by atoms with Crippen LogP contribution in [0.4, 0.5) is 0 Å². The second-order valence-electron chi connectivity index (χ2n) is 14.2. The van der Waals surface area contributed by atoms with Crippen molar-refractivity contribution in [3.05, 3.63) is 76.9 Å². The van der Waals surface area contributed by atoms with E-state index in [0.717, 1.165) is 0 Å². The third-order valence-corrected chi connectivity index (χ3v) is 11.1. The van der Waals surface area contributed by atoms with E-state index in [4.69, 9.17) is 42.6 Å². The molecule has 4 N–H and O–H groups in total. The number of carbonyl (C=O) groups excluding carboxylic acids is 1. The van der Waals surface area contributed by atoms with E-state index in [9.17, 15) is 33.5 Å². The van der Waals surface area contributed by atoms with Gasteiger partial charge in [-0.25, -0.2) is 14.3 Å². The number of hydrogen-bond acceptors (Lipinski definition) is 17. The molecule has 0 fully saturated rings. The van der Waals surface area contributed by atoms with Gasteiger partial charge < -0.3 is 48.4 Å². The largest absolute Gasteiger partial charge is 0.490 e. The first kappa shape index (κ1) is 53.1. The molecule has 4 aromatic rings. The number of hydrogen-bond donors (Lipinski definition) is 4. The molecule has 0 saturated carbocycles. The zero-order valence-electron chi connectivity index (χ0n) is 37.3. The Balaban J connectivity index is 1.78. The van der Waals surface area contributed by atoms with Crippen molar-refractivity contribution in [3.8, 4) is 35.0 Å². The Morgan fingerprint density at radius 1 is 0.848 bits per heavy atom. The molecule has 0 bridgehead atoms. The van der Waals surface area contributed by atoms with Crippen molar-refractivity contribution in [1.82, 2.24) is 39.7 Å². The van der Waals surface area contributed by atoms with Gasteiger partial charge in [-0.1, -0.05) is 11.8 Å². The van der Waals surface area contributed by atoms with Gasteiger partial charge in [0.2, 0.25) is 0 Å². The Morgan fingerprint density at radius 3 is 2.08 bits per heavy atom. The highest BCUT2D eigenvalue weighted by Gasteiger charge is 2.22. The lowest BCUT2D eigenvalue weighted by Crippen LogP contribution is -2.31. The van der Waals surface area contributed by atoms with Crippen LogP contribution in [0.15, 0.2) is 48.8 Å². The number of ether oxygens (including phenoxy) is 4. The number of aliphatic carboxylic acids is 2. The molecule has 0 aliphatic carbocycles. The van der Waals surface area contributed by atoms with Crippen LogP contribution in [0, 0.1) is 11.8 Å². The van der Waals surface area contributed by atoms with Crippen molar-refractivity contribution < 1.29 is 71.1 Å². The summed E-state index contributed by atoms with van der Waals surface area (Å²) in [6.45, 7) is 3.76. The molecule has 4 rings (SSSR count). The minimum Gasteiger partial charge on any atom is -0.490 e. The minimum atomic E-state index is -3.85. The topological polar surface area (TPSA) is 278 Å². The highest BCUT2D eigenvalue weighted by atomic mass is 31.2. The van der Waals surface area contributed by atoms with Crippen molar-refractivity contribution in [2.45, 2.75) is 39.8 Å². The Kier molecular flexibility index (Phi) is 21.9. The SMILES string of the molecule is CCO[PH](=O)OCN(CC(=O)O)Cc1ccn(-c2cc(C#Cc3cc(OCCOC)c(C(=O)NCCCC(=O)O)cc3OCCOC)cc(-n3ccc(CN(C)CP(=O)(O)OCC)n3)n2)n1. The number of aromatic nitrogens is 5. The number of pyridine rings is 1. The molecule has 3 aromatic heterocycles. The van der Waals surface area contributed by atoms with E-state index in [-0.39, 0.29) is 108 Å². The maximum absolute atomic E-state index is 13.4. The highest BCUT2D eigenvalue weighted by molar-refractivity contribution is 7.52. The molecule has 2 unspecified atom stereocenters. The quantitative estimate of drug-likeness (QED) is 0.0252. The van der Waals surface area contributed by atoms with Crippen molar-refractivity contribution >= 4 is 33.7 Å². The van der Waals surface area contributed by atoms with Crippen LogP contribution < -0.4 is 14.8 Å². The third kappa shape index (κ3) is 18.1. The molecule has 25 heteroatoms. The molecule has 0 aliphatic rings. The van der Waals surface area contributed by atoms with E-state index >= 15 is 0 Å². The Hall–Kier alpha value is -5.50. The monoisotopic (exact) mass is 962 g/mol. The summed E-state index contributed by atoms with van der Waals surface area (Å²) in [5.74, 6) is 4.65. The second-order valence-corrected chi connectivity index (χ2v) is 17.0. The summed E-state index contributed by atoms with van der Waals surface area (Å²) in [6, 6.07) is 9.76. The summed E-state index contributed by atoms with van der Waals surface area (Å²) in [5.41, 5.74) is 1.86. The van der Waals surface area contributed by atoms with Crippen LogP contribution in [-0.4, -0.2) is 154 Å². The molecule has 1 aromatic carbocycles. The predicted octanol–water partition coefficient (Wildman–Crippen LogP) is 3.40. The number of benzene rings is 1. The number of methoxy groups -OCH3 is 2. The van der Waals surface area contributed by atoms with Gasteiger partial charge in [0.05, 0.1) is 55.5 Å². The predicted molar refractivity (Wildman–Crippen MR) is 237 cm³/mol. The minimum absolute atomic E-state index is 0.00398. The number of nitrogens with zero attached hydrogens (tertiary/aromatic N) is 7. The van der Waals surface area contributed by atoms with Gasteiger partial charge in [-0.3, -0.25) is 37.8 Å². The summed E-state index contributed by atoms with van der Waals surface area (Å²) in [4.78, 5) is 54.0. The average Bonchev–Trinajstić information content (AvgIpc) is 3.93. The van der Waals surface area contributed by atoms with E-state index in [1.165, 1.54) is 34.5 Å². The van der Waals surface area contributed by atoms with Gasteiger partial charge in [0.1, 0.15) is 37.7 Å². The Morgan fingerprint density at radius 2 is 1.48 bits per heavy atom. The molecular formula is C41H56N8O15P2. The third-order valence-electron chi connectivity index (χ3n) is 8.72. The number of amides is 1. The number of rotatable bonds is 30. The first-order chi connectivity index (χ1) is 31.6. The molecule has 360 valence electrons. The molecule has 3 heterocycles. The Bertz CT molecular complexity index is 2370. The zero-order chi connectivity index (χ0) is 48.1. The van der Waals surface area contributed by atoms with Gasteiger partial charge in [0, 0.05) is 64.3 Å². The first-order valence-electron chi connectivity index (χ1n) is 20.6. The molecule has 0 aliphatic heterocycles. The van der Waals surface area contributed by atoms with Crippen molar-refractivity contribution in [3.63, 3.8) is 0 Å². The van der Waals surface area contributed by atoms with Gasteiger partial charge in [-0.2, -0.15) is 10.2 Å². The number of carboxylic acid groups (broad SMARTS) is 2. The smallest absolute Gasteiger partial charge is 0.341 e. The van der Waals surface area contributed by atoms with Crippen LogP contribution in [0.3, 0.4) is 0 Å². The summed E-state index contributed by atoms with van der Waals surface area (Å²) >= 11 is 0. The van der Waals surface area contributed by atoms with E-state index in [1.54, 1.807) is 68.5 Å². The molecule has 23 nitrogen and oxygen atoms in total. The maximum Gasteiger partial charge on any atom is 0.341 e. The van der Waals surface area contributed by atoms with E-state index < -0.39 is 40.2 Å². The molecule has 0 radical (unpaired) electrons. The van der Waals surface area contributed by atoms with Crippen LogP contribution >= 0.6 is 15.9 Å². The number of carboxylic acids is 2. The van der Waals surface area contributed by atoms with Gasteiger partial charge >= 0.3 is 27.8 Å². The molecule has 0 spiro atoms. The van der Waals surface area contributed by atoms with Gasteiger partial charge in [0.25, 0.3) is 5.91 Å². The van der Waals surface area contributed by atoms with E-state index in [1.807, 2.05) is 0 Å². The zero-order valence-corrected chi connectivity index (χ0v) is 39.2. The van der Waals surface area contributed by atoms with Crippen molar-refractivity contribution in [2.24, 2.45) is 0 Å². The van der Waals surface area contributed by atoms with Crippen LogP contribution in [0.5, 0.6) is 11.5 Å². The Labute approximate surface area is 382 Å². The van der Waals surface area contributed by atoms with Gasteiger partial charge in [0.15, 0.2) is 11.6 Å². The molecule has 2 atom stereocenters. The van der Waals surface area contributed by atoms with E-state index in [2.05, 4.69) is 27.4 Å². The molecule has 0 saturated heterocycles. The van der Waals surface area contributed by atoms with Crippen molar-refractivity contribution in [1.29, 1.82) is 0 Å². The van der Waals surface area contributed by atoms with Crippen LogP contribution in [-0.2, 0) is 54.9 Å². The molecule has 1 amide bonds. The molecule has 66 heavy (non-hydrogen) atoms. The lowest BCUT2D eigenvalue weighted by molar-refractivity contribution is -0.139. The van der Waals surface area contributed by atoms with E-state index in [0.29, 0.717) is 28.3 Å². The fraction of sp³-hybridized carbons (Fsp3) is 0.463. The fourth-order valence-corrected chi connectivity index (χ4v) is 7.72. The number of nitrogens with one attached hydrogen (secondary N) is 1. The summed E-state index contributed by atoms with van der Waals surface area (Å²) in [6.07, 6.45) is 3.15. The summed E-state index contributed by atoms with van der Waals surface area (Å²) in [5, 5.41) is 30.6. The fourth-order valence-electron chi connectivity index (χ4n) is 5.92. The second kappa shape index (κ2) is 27.2. The number of carbonyl (C=O) groups is 3. The highest BCUT2D eigenvalue weighted by Crippen LogP contribution is 2.42. The van der Waals surface area contributed by atoms with Crippen LogP contribution in [0.2, 0.25) is 0 Å².